The van der Waals surface area contributed by atoms with Crippen LogP contribution < -0.4 is 0 Å². The Kier molecular flexibility index (Phi) is 4.63. The van der Waals surface area contributed by atoms with E-state index in [0.717, 1.165) is 36.7 Å². The highest BCUT2D eigenvalue weighted by atomic mass is 16.5. The number of nitrogens with one attached hydrogen (secondary N) is 1. The van der Waals surface area contributed by atoms with Crippen LogP contribution in [0.3, 0.4) is 0 Å². The lowest BCUT2D eigenvalue weighted by atomic mass is 10.0. The average molecular weight is 338 g/mol. The van der Waals surface area contributed by atoms with Crippen LogP contribution in [-0.4, -0.2) is 39.7 Å². The number of ether oxygens (including phenoxy) is 1. The van der Waals surface area contributed by atoms with E-state index in [2.05, 4.69) is 32.2 Å². The molecule has 0 fully saturated rings. The number of imidazole rings is 1. The average Bonchev–Trinajstić information content (AvgIpc) is 3.28. The molecule has 0 saturated carbocycles. The molecule has 130 valence electrons. The second kappa shape index (κ2) is 7.21. The fourth-order valence-electron chi connectivity index (χ4n) is 3.34. The lowest BCUT2D eigenvalue weighted by molar-refractivity contribution is 0.0746. The van der Waals surface area contributed by atoms with Crippen LogP contribution in [0.25, 0.3) is 0 Å². The first-order chi connectivity index (χ1) is 12.3. The number of aryl methyl sites for hydroxylation is 1. The molecule has 4 rings (SSSR count). The molecule has 1 aromatic carbocycles. The monoisotopic (exact) mass is 338 g/mol. The molecule has 2 aromatic heterocycles. The van der Waals surface area contributed by atoms with Crippen molar-refractivity contribution in [2.75, 3.05) is 19.7 Å². The van der Waals surface area contributed by atoms with E-state index in [4.69, 9.17) is 9.26 Å². The molecule has 0 aliphatic carbocycles. The number of hydrogen-bond donors (Lipinski definition) is 1. The van der Waals surface area contributed by atoms with E-state index in [1.807, 2.05) is 31.2 Å². The number of hydrogen-bond acceptors (Lipinski definition) is 5. The van der Waals surface area contributed by atoms with Gasteiger partial charge < -0.3 is 14.2 Å². The van der Waals surface area contributed by atoms with Crippen LogP contribution in [0.5, 0.6) is 0 Å². The molecule has 0 radical (unpaired) electrons. The topological polar surface area (TPSA) is 67.2 Å². The van der Waals surface area contributed by atoms with Gasteiger partial charge in [-0.05, 0) is 12.5 Å². The number of fused-ring (bicyclic) bond motifs is 1. The van der Waals surface area contributed by atoms with Gasteiger partial charge in [0.25, 0.3) is 0 Å². The lowest BCUT2D eigenvalue weighted by Gasteiger charge is -2.33. The van der Waals surface area contributed by atoms with E-state index in [-0.39, 0.29) is 6.04 Å². The van der Waals surface area contributed by atoms with Crippen molar-refractivity contribution in [3.05, 3.63) is 71.1 Å². The Morgan fingerprint density at radius 2 is 2.20 bits per heavy atom. The highest BCUT2D eigenvalue weighted by Crippen LogP contribution is 2.33. The van der Waals surface area contributed by atoms with Crippen LogP contribution in [0.1, 0.15) is 34.4 Å². The zero-order valence-electron chi connectivity index (χ0n) is 14.3. The van der Waals surface area contributed by atoms with Gasteiger partial charge in [-0.15, -0.1) is 0 Å². The molecule has 1 atom stereocenters. The first-order valence-corrected chi connectivity index (χ1v) is 8.62. The van der Waals surface area contributed by atoms with Crippen LogP contribution in [0.2, 0.25) is 0 Å². The quantitative estimate of drug-likeness (QED) is 0.700. The van der Waals surface area contributed by atoms with Gasteiger partial charge in [-0.2, -0.15) is 0 Å². The van der Waals surface area contributed by atoms with Crippen LogP contribution in [0.15, 0.2) is 47.2 Å². The van der Waals surface area contributed by atoms with E-state index < -0.39 is 0 Å². The Hall–Kier alpha value is -2.44. The van der Waals surface area contributed by atoms with E-state index in [1.165, 1.54) is 11.3 Å². The molecule has 1 N–H and O–H groups in total. The van der Waals surface area contributed by atoms with Crippen molar-refractivity contribution < 1.29 is 9.26 Å². The summed E-state index contributed by atoms with van der Waals surface area (Å²) in [5.74, 6) is 0.841. The molecule has 0 bridgehead atoms. The molecule has 0 spiro atoms. The highest BCUT2D eigenvalue weighted by molar-refractivity contribution is 5.27. The molecular formula is C19H22N4O2. The van der Waals surface area contributed by atoms with Gasteiger partial charge in [0.05, 0.1) is 30.9 Å². The van der Waals surface area contributed by atoms with Crippen molar-refractivity contribution in [3.8, 4) is 0 Å². The number of aromatic nitrogens is 3. The maximum atomic E-state index is 5.87. The summed E-state index contributed by atoms with van der Waals surface area (Å²) in [7, 11) is 0. The SMILES string of the molecule is Cc1cc(C2c3nc[nH]c3CCN2CCOCc2ccccc2)on1. The minimum Gasteiger partial charge on any atom is -0.375 e. The normalized spacial score (nSPS) is 17.6. The second-order valence-electron chi connectivity index (χ2n) is 6.36. The smallest absolute Gasteiger partial charge is 0.160 e. The summed E-state index contributed by atoms with van der Waals surface area (Å²) in [5.41, 5.74) is 4.29. The van der Waals surface area contributed by atoms with Crippen LogP contribution in [0, 0.1) is 6.92 Å². The summed E-state index contributed by atoms with van der Waals surface area (Å²) in [6.45, 7) is 5.00. The Labute approximate surface area is 146 Å². The number of H-pyrrole nitrogens is 1. The molecule has 1 aliphatic heterocycles. The van der Waals surface area contributed by atoms with Gasteiger partial charge in [-0.1, -0.05) is 35.5 Å². The molecule has 25 heavy (non-hydrogen) atoms. The Balaban J connectivity index is 1.43. The largest absolute Gasteiger partial charge is 0.375 e. The predicted octanol–water partition coefficient (Wildman–Crippen LogP) is 2.87. The number of benzene rings is 1. The van der Waals surface area contributed by atoms with E-state index >= 15 is 0 Å². The molecule has 3 aromatic rings. The third-order valence-corrected chi connectivity index (χ3v) is 4.57. The third-order valence-electron chi connectivity index (χ3n) is 4.57. The van der Waals surface area contributed by atoms with Crippen LogP contribution in [-0.2, 0) is 17.8 Å². The molecule has 1 unspecified atom stereocenters. The van der Waals surface area contributed by atoms with Gasteiger partial charge in [0.15, 0.2) is 5.76 Å². The summed E-state index contributed by atoms with van der Waals surface area (Å²) in [6.07, 6.45) is 2.72. The fraction of sp³-hybridized carbons (Fsp3) is 0.368. The highest BCUT2D eigenvalue weighted by Gasteiger charge is 2.33. The van der Waals surface area contributed by atoms with Gasteiger partial charge in [0.1, 0.15) is 6.04 Å². The summed E-state index contributed by atoms with van der Waals surface area (Å²) < 4.78 is 11.4. The lowest BCUT2D eigenvalue weighted by Crippen LogP contribution is -2.38. The molecule has 0 amide bonds. The van der Waals surface area contributed by atoms with E-state index in [1.54, 1.807) is 6.33 Å². The molecule has 6 nitrogen and oxygen atoms in total. The van der Waals surface area contributed by atoms with Crippen LogP contribution in [0.4, 0.5) is 0 Å². The maximum absolute atomic E-state index is 5.87. The van der Waals surface area contributed by atoms with Crippen molar-refractivity contribution in [1.82, 2.24) is 20.0 Å². The summed E-state index contributed by atoms with van der Waals surface area (Å²) in [4.78, 5) is 10.1. The Bertz CT molecular complexity index is 812. The minimum absolute atomic E-state index is 0.00322. The number of nitrogens with zero attached hydrogens (tertiary/aromatic N) is 3. The first-order valence-electron chi connectivity index (χ1n) is 8.62. The van der Waals surface area contributed by atoms with Crippen molar-refractivity contribution in [1.29, 1.82) is 0 Å². The first kappa shape index (κ1) is 16.1. The Morgan fingerprint density at radius 1 is 1.32 bits per heavy atom. The van der Waals surface area contributed by atoms with Crippen molar-refractivity contribution in [2.45, 2.75) is 26.0 Å². The minimum atomic E-state index is -0.00322. The maximum Gasteiger partial charge on any atom is 0.160 e. The zero-order chi connectivity index (χ0) is 17.1. The summed E-state index contributed by atoms with van der Waals surface area (Å²) in [6, 6.07) is 12.2. The standard InChI is InChI=1S/C19H22N4O2/c1-14-11-17(25-22-14)19-18-16(20-13-21-18)7-8-23(19)9-10-24-12-15-5-3-2-4-6-15/h2-6,11,13,19H,7-10,12H2,1H3,(H,20,21). The Morgan fingerprint density at radius 3 is 3.00 bits per heavy atom. The van der Waals surface area contributed by atoms with E-state index in [9.17, 15) is 0 Å². The van der Waals surface area contributed by atoms with Gasteiger partial charge >= 0.3 is 0 Å². The molecule has 1 aliphatic rings. The van der Waals surface area contributed by atoms with Crippen LogP contribution >= 0.6 is 0 Å². The summed E-state index contributed by atoms with van der Waals surface area (Å²) >= 11 is 0. The molecule has 3 heterocycles. The number of aromatic amines is 1. The van der Waals surface area contributed by atoms with Gasteiger partial charge in [-0.25, -0.2) is 4.98 Å². The summed E-state index contributed by atoms with van der Waals surface area (Å²) in [5, 5.41) is 4.05. The zero-order valence-corrected chi connectivity index (χ0v) is 14.3. The molecular weight excluding hydrogens is 316 g/mol. The molecule has 6 heteroatoms. The molecule has 0 saturated heterocycles. The van der Waals surface area contributed by atoms with Gasteiger partial charge in [-0.3, -0.25) is 4.90 Å². The van der Waals surface area contributed by atoms with Gasteiger partial charge in [0, 0.05) is 31.3 Å². The second-order valence-corrected chi connectivity index (χ2v) is 6.36. The van der Waals surface area contributed by atoms with Crippen molar-refractivity contribution in [2.24, 2.45) is 0 Å². The third kappa shape index (κ3) is 3.50. The van der Waals surface area contributed by atoms with Crippen molar-refractivity contribution >= 4 is 0 Å². The number of rotatable bonds is 6. The van der Waals surface area contributed by atoms with Gasteiger partial charge in [0.2, 0.25) is 0 Å². The predicted molar refractivity (Wildman–Crippen MR) is 93.0 cm³/mol. The fourth-order valence-corrected chi connectivity index (χ4v) is 3.34. The van der Waals surface area contributed by atoms with E-state index in [0.29, 0.717) is 13.2 Å². The van der Waals surface area contributed by atoms with Crippen molar-refractivity contribution in [3.63, 3.8) is 0 Å².